The predicted molar refractivity (Wildman–Crippen MR) is 84.8 cm³/mol. The maximum absolute atomic E-state index is 3.69. The molecule has 0 spiro atoms. The van der Waals surface area contributed by atoms with Crippen molar-refractivity contribution in [3.8, 4) is 0 Å². The van der Waals surface area contributed by atoms with E-state index in [4.69, 9.17) is 0 Å². The molecule has 102 valence electrons. The highest BCUT2D eigenvalue weighted by molar-refractivity contribution is 7.07. The van der Waals surface area contributed by atoms with E-state index in [-0.39, 0.29) is 0 Å². The lowest BCUT2D eigenvalue weighted by Gasteiger charge is -2.19. The molecule has 1 heterocycles. The van der Waals surface area contributed by atoms with Crippen LogP contribution < -0.4 is 5.32 Å². The molecule has 1 aromatic heterocycles. The molecule has 0 bridgehead atoms. The molecule has 2 aromatic rings. The number of benzene rings is 1. The Morgan fingerprint density at radius 1 is 1.00 bits per heavy atom. The van der Waals surface area contributed by atoms with Crippen molar-refractivity contribution in [2.24, 2.45) is 0 Å². The molecule has 2 atom stereocenters. The fourth-order valence-corrected chi connectivity index (χ4v) is 3.10. The quantitative estimate of drug-likeness (QED) is 0.793. The third-order valence-electron chi connectivity index (χ3n) is 3.40. The van der Waals surface area contributed by atoms with E-state index in [9.17, 15) is 0 Å². The lowest BCUT2D eigenvalue weighted by molar-refractivity contribution is 0.444. The van der Waals surface area contributed by atoms with E-state index < -0.39 is 0 Å². The Morgan fingerprint density at radius 2 is 1.79 bits per heavy atom. The molecule has 1 nitrogen and oxygen atoms in total. The van der Waals surface area contributed by atoms with Gasteiger partial charge in [-0.05, 0) is 61.1 Å². The summed E-state index contributed by atoms with van der Waals surface area (Å²) in [6, 6.07) is 14.1. The standard InChI is InChI=1S/C17H23NS/c1-14(8-9-16-6-4-3-5-7-16)18-15(2)12-17-10-11-19-13-17/h3-7,10-11,13-15,18H,8-9,12H2,1-2H3. The molecule has 0 aliphatic rings. The second-order valence-electron chi connectivity index (χ2n) is 5.33. The molecule has 0 saturated heterocycles. The monoisotopic (exact) mass is 273 g/mol. The number of nitrogens with one attached hydrogen (secondary N) is 1. The first-order valence-corrected chi connectivity index (χ1v) is 7.99. The first-order chi connectivity index (χ1) is 9.24. The molecule has 1 aromatic carbocycles. The molecule has 0 fully saturated rings. The van der Waals surface area contributed by atoms with E-state index >= 15 is 0 Å². The first-order valence-electron chi connectivity index (χ1n) is 7.05. The van der Waals surface area contributed by atoms with Gasteiger partial charge in [-0.15, -0.1) is 0 Å². The summed E-state index contributed by atoms with van der Waals surface area (Å²) in [6.45, 7) is 4.56. The molecule has 0 aliphatic carbocycles. The fraction of sp³-hybridized carbons (Fsp3) is 0.412. The van der Waals surface area contributed by atoms with Gasteiger partial charge in [0, 0.05) is 12.1 Å². The summed E-state index contributed by atoms with van der Waals surface area (Å²) in [4.78, 5) is 0. The zero-order chi connectivity index (χ0) is 13.5. The molecule has 2 rings (SSSR count). The van der Waals surface area contributed by atoms with Crippen molar-refractivity contribution in [3.05, 3.63) is 58.3 Å². The summed E-state index contributed by atoms with van der Waals surface area (Å²) in [6.07, 6.45) is 3.47. The van der Waals surface area contributed by atoms with Gasteiger partial charge in [0.25, 0.3) is 0 Å². The van der Waals surface area contributed by atoms with Gasteiger partial charge in [-0.1, -0.05) is 30.3 Å². The van der Waals surface area contributed by atoms with Crippen LogP contribution in [0.15, 0.2) is 47.2 Å². The van der Waals surface area contributed by atoms with Crippen molar-refractivity contribution in [3.63, 3.8) is 0 Å². The van der Waals surface area contributed by atoms with Gasteiger partial charge in [0.1, 0.15) is 0 Å². The van der Waals surface area contributed by atoms with Crippen LogP contribution in [0.25, 0.3) is 0 Å². The average molecular weight is 273 g/mol. The summed E-state index contributed by atoms with van der Waals surface area (Å²) in [5.74, 6) is 0. The van der Waals surface area contributed by atoms with Crippen LogP contribution in [0.4, 0.5) is 0 Å². The zero-order valence-electron chi connectivity index (χ0n) is 11.8. The Bertz CT molecular complexity index is 449. The van der Waals surface area contributed by atoms with E-state index in [1.165, 1.54) is 17.5 Å². The average Bonchev–Trinajstić information content (AvgIpc) is 2.90. The van der Waals surface area contributed by atoms with Crippen LogP contribution in [0, 0.1) is 0 Å². The molecule has 0 saturated carbocycles. The molecule has 0 aliphatic heterocycles. The molecule has 2 unspecified atom stereocenters. The second-order valence-corrected chi connectivity index (χ2v) is 6.11. The largest absolute Gasteiger partial charge is 0.311 e. The highest BCUT2D eigenvalue weighted by Gasteiger charge is 2.08. The van der Waals surface area contributed by atoms with Crippen molar-refractivity contribution < 1.29 is 0 Å². The van der Waals surface area contributed by atoms with E-state index in [0.717, 1.165) is 12.8 Å². The SMILES string of the molecule is CC(CCc1ccccc1)NC(C)Cc1ccsc1. The predicted octanol–water partition coefficient (Wildman–Crippen LogP) is 4.29. The van der Waals surface area contributed by atoms with Gasteiger partial charge in [0.2, 0.25) is 0 Å². The minimum absolute atomic E-state index is 0.542. The molecular weight excluding hydrogens is 250 g/mol. The third-order valence-corrected chi connectivity index (χ3v) is 4.13. The van der Waals surface area contributed by atoms with Gasteiger partial charge in [-0.25, -0.2) is 0 Å². The Morgan fingerprint density at radius 3 is 2.47 bits per heavy atom. The number of hydrogen-bond donors (Lipinski definition) is 1. The van der Waals surface area contributed by atoms with Crippen molar-refractivity contribution in [2.75, 3.05) is 0 Å². The van der Waals surface area contributed by atoms with Gasteiger partial charge >= 0.3 is 0 Å². The van der Waals surface area contributed by atoms with Crippen molar-refractivity contribution in [1.82, 2.24) is 5.32 Å². The molecule has 2 heteroatoms. The summed E-state index contributed by atoms with van der Waals surface area (Å²) in [7, 11) is 0. The van der Waals surface area contributed by atoms with Crippen molar-refractivity contribution >= 4 is 11.3 Å². The Labute approximate surface area is 120 Å². The molecule has 19 heavy (non-hydrogen) atoms. The maximum Gasteiger partial charge on any atom is 0.00819 e. The van der Waals surface area contributed by atoms with Gasteiger partial charge in [0.05, 0.1) is 0 Å². The van der Waals surface area contributed by atoms with Crippen LogP contribution in [0.2, 0.25) is 0 Å². The number of aryl methyl sites for hydroxylation is 1. The minimum Gasteiger partial charge on any atom is -0.311 e. The molecule has 0 radical (unpaired) electrons. The fourth-order valence-electron chi connectivity index (χ4n) is 2.42. The minimum atomic E-state index is 0.542. The smallest absolute Gasteiger partial charge is 0.00819 e. The van der Waals surface area contributed by atoms with E-state index in [1.54, 1.807) is 11.3 Å². The van der Waals surface area contributed by atoms with Crippen LogP contribution in [0.5, 0.6) is 0 Å². The number of rotatable bonds is 7. The molecule has 1 N–H and O–H groups in total. The van der Waals surface area contributed by atoms with Crippen LogP contribution in [0.3, 0.4) is 0 Å². The highest BCUT2D eigenvalue weighted by atomic mass is 32.1. The van der Waals surface area contributed by atoms with Gasteiger partial charge < -0.3 is 5.32 Å². The number of hydrogen-bond acceptors (Lipinski definition) is 2. The van der Waals surface area contributed by atoms with Crippen LogP contribution in [-0.2, 0) is 12.8 Å². The zero-order valence-corrected chi connectivity index (χ0v) is 12.6. The number of thiophene rings is 1. The summed E-state index contributed by atoms with van der Waals surface area (Å²) in [5.41, 5.74) is 2.88. The van der Waals surface area contributed by atoms with Crippen LogP contribution in [0.1, 0.15) is 31.4 Å². The van der Waals surface area contributed by atoms with Gasteiger partial charge in [-0.2, -0.15) is 11.3 Å². The Balaban J connectivity index is 1.70. The third kappa shape index (κ3) is 5.17. The lowest BCUT2D eigenvalue weighted by atomic mass is 10.0. The van der Waals surface area contributed by atoms with Gasteiger partial charge in [0.15, 0.2) is 0 Å². The topological polar surface area (TPSA) is 12.0 Å². The summed E-state index contributed by atoms with van der Waals surface area (Å²) < 4.78 is 0. The summed E-state index contributed by atoms with van der Waals surface area (Å²) in [5, 5.41) is 8.09. The Hall–Kier alpha value is -1.12. The van der Waals surface area contributed by atoms with E-state index in [0.29, 0.717) is 12.1 Å². The van der Waals surface area contributed by atoms with Crippen LogP contribution >= 0.6 is 11.3 Å². The second kappa shape index (κ2) is 7.46. The lowest BCUT2D eigenvalue weighted by Crippen LogP contribution is -2.36. The normalized spacial score (nSPS) is 14.2. The van der Waals surface area contributed by atoms with E-state index in [2.05, 4.69) is 66.3 Å². The first kappa shape index (κ1) is 14.3. The van der Waals surface area contributed by atoms with Crippen molar-refractivity contribution in [2.45, 2.75) is 45.2 Å². The van der Waals surface area contributed by atoms with Gasteiger partial charge in [-0.3, -0.25) is 0 Å². The molecule has 0 amide bonds. The van der Waals surface area contributed by atoms with Crippen molar-refractivity contribution in [1.29, 1.82) is 0 Å². The Kier molecular flexibility index (Phi) is 5.62. The van der Waals surface area contributed by atoms with Crippen LogP contribution in [-0.4, -0.2) is 12.1 Å². The summed E-state index contributed by atoms with van der Waals surface area (Å²) >= 11 is 1.78. The maximum atomic E-state index is 3.69. The molecular formula is C17H23NS. The van der Waals surface area contributed by atoms with E-state index in [1.807, 2.05) is 0 Å². The highest BCUT2D eigenvalue weighted by Crippen LogP contribution is 2.10.